The Morgan fingerprint density at radius 3 is 2.42 bits per heavy atom. The molecule has 2 aromatic carbocycles. The van der Waals surface area contributed by atoms with Crippen molar-refractivity contribution >= 4 is 22.9 Å². The summed E-state index contributed by atoms with van der Waals surface area (Å²) in [7, 11) is 1.30. The van der Waals surface area contributed by atoms with Gasteiger partial charge in [-0.25, -0.2) is 9.59 Å². The van der Waals surface area contributed by atoms with Crippen LogP contribution in [0.15, 0.2) is 52.9 Å². The normalized spacial score (nSPS) is 10.7. The molecule has 0 aliphatic heterocycles. The van der Waals surface area contributed by atoms with Crippen molar-refractivity contribution in [3.8, 4) is 5.75 Å². The van der Waals surface area contributed by atoms with Gasteiger partial charge >= 0.3 is 11.9 Å². The molecule has 0 unspecified atom stereocenters. The van der Waals surface area contributed by atoms with Crippen molar-refractivity contribution < 1.29 is 28.2 Å². The molecule has 0 amide bonds. The van der Waals surface area contributed by atoms with Gasteiger partial charge in [-0.05, 0) is 37.3 Å². The highest BCUT2D eigenvalue weighted by Crippen LogP contribution is 2.28. The lowest BCUT2D eigenvalue weighted by Crippen LogP contribution is -2.10. The second kappa shape index (κ2) is 7.84. The number of ether oxygens (including phenoxy) is 3. The van der Waals surface area contributed by atoms with E-state index in [4.69, 9.17) is 13.9 Å². The Kier molecular flexibility index (Phi) is 5.34. The molecule has 6 heteroatoms. The number of fused-ring (bicyclic) bond motifs is 1. The van der Waals surface area contributed by atoms with E-state index < -0.39 is 11.9 Å². The van der Waals surface area contributed by atoms with Crippen molar-refractivity contribution in [3.63, 3.8) is 0 Å². The van der Waals surface area contributed by atoms with E-state index in [1.165, 1.54) is 31.4 Å². The maximum Gasteiger partial charge on any atom is 0.380 e. The van der Waals surface area contributed by atoms with E-state index >= 15 is 0 Å². The van der Waals surface area contributed by atoms with Crippen LogP contribution in [0.5, 0.6) is 5.75 Å². The molecular weight excluding hydrogens is 336 g/mol. The molecule has 0 atom stereocenters. The van der Waals surface area contributed by atoms with Gasteiger partial charge in [0.15, 0.2) is 0 Å². The topological polar surface area (TPSA) is 75.0 Å². The number of hydrogen-bond donors (Lipinski definition) is 0. The Bertz CT molecular complexity index is 923. The first-order chi connectivity index (χ1) is 12.6. The van der Waals surface area contributed by atoms with Crippen molar-refractivity contribution in [3.05, 3.63) is 65.4 Å². The van der Waals surface area contributed by atoms with Crippen molar-refractivity contribution in [2.75, 3.05) is 13.7 Å². The highest BCUT2D eigenvalue weighted by atomic mass is 16.5. The molecule has 0 saturated heterocycles. The number of rotatable bonds is 6. The van der Waals surface area contributed by atoms with E-state index in [0.29, 0.717) is 29.1 Å². The number of benzene rings is 2. The fraction of sp³-hybridized carbons (Fsp3) is 0.200. The number of carbonyl (C=O) groups excluding carboxylic acids is 2. The van der Waals surface area contributed by atoms with Crippen molar-refractivity contribution in [1.82, 2.24) is 0 Å². The first-order valence-corrected chi connectivity index (χ1v) is 8.12. The van der Waals surface area contributed by atoms with Crippen molar-refractivity contribution in [1.29, 1.82) is 0 Å². The van der Waals surface area contributed by atoms with Crippen molar-refractivity contribution in [2.45, 2.75) is 13.5 Å². The zero-order valence-corrected chi connectivity index (χ0v) is 14.5. The molecule has 134 valence electrons. The summed E-state index contributed by atoms with van der Waals surface area (Å²) in [6.45, 7) is 2.64. The number of carbonyl (C=O) groups is 2. The minimum absolute atomic E-state index is 0.108. The molecule has 6 nitrogen and oxygen atoms in total. The largest absolute Gasteiger partial charge is 0.465 e. The molecule has 0 spiro atoms. The SMILES string of the molecule is CCOCc1c(C(=O)Oc2ccc(C(=O)OC)cc2)oc2ccccc12. The van der Waals surface area contributed by atoms with Crippen LogP contribution >= 0.6 is 0 Å². The maximum absolute atomic E-state index is 12.6. The second-order valence-corrected chi connectivity index (χ2v) is 5.45. The fourth-order valence-corrected chi connectivity index (χ4v) is 2.54. The Hall–Kier alpha value is -3.12. The first-order valence-electron chi connectivity index (χ1n) is 8.12. The Balaban J connectivity index is 1.86. The fourth-order valence-electron chi connectivity index (χ4n) is 2.54. The van der Waals surface area contributed by atoms with Crippen LogP contribution in [0, 0.1) is 0 Å². The van der Waals surface area contributed by atoms with Crippen LogP contribution in [0.4, 0.5) is 0 Å². The number of methoxy groups -OCH3 is 1. The monoisotopic (exact) mass is 354 g/mol. The van der Waals surface area contributed by atoms with E-state index in [0.717, 1.165) is 5.39 Å². The number of hydrogen-bond acceptors (Lipinski definition) is 6. The smallest absolute Gasteiger partial charge is 0.380 e. The third kappa shape index (κ3) is 3.60. The van der Waals surface area contributed by atoms with Gasteiger partial charge in [-0.2, -0.15) is 0 Å². The second-order valence-electron chi connectivity index (χ2n) is 5.45. The molecular formula is C20H18O6. The van der Waals surface area contributed by atoms with Crippen LogP contribution in [0.25, 0.3) is 11.0 Å². The molecule has 1 aromatic heterocycles. The van der Waals surface area contributed by atoms with Gasteiger partial charge in [0.25, 0.3) is 0 Å². The Morgan fingerprint density at radius 2 is 1.73 bits per heavy atom. The van der Waals surface area contributed by atoms with Crippen LogP contribution in [0.3, 0.4) is 0 Å². The van der Waals surface area contributed by atoms with E-state index in [-0.39, 0.29) is 12.4 Å². The van der Waals surface area contributed by atoms with Gasteiger partial charge in [-0.3, -0.25) is 0 Å². The standard InChI is InChI=1S/C20H18O6/c1-3-24-12-16-15-6-4-5-7-17(15)26-18(16)20(22)25-14-10-8-13(9-11-14)19(21)23-2/h4-11H,3,12H2,1-2H3. The molecule has 3 rings (SSSR count). The van der Waals surface area contributed by atoms with E-state index in [9.17, 15) is 9.59 Å². The molecule has 0 fully saturated rings. The number of esters is 2. The average molecular weight is 354 g/mol. The van der Waals surface area contributed by atoms with Crippen LogP contribution < -0.4 is 4.74 Å². The quantitative estimate of drug-likeness (QED) is 0.492. The summed E-state index contributed by atoms with van der Waals surface area (Å²) in [5.41, 5.74) is 1.61. The molecule has 0 aliphatic carbocycles. The van der Waals surface area contributed by atoms with Crippen LogP contribution in [-0.4, -0.2) is 25.7 Å². The van der Waals surface area contributed by atoms with Gasteiger partial charge in [0, 0.05) is 17.6 Å². The van der Waals surface area contributed by atoms with E-state index in [1.54, 1.807) is 6.07 Å². The average Bonchev–Trinajstić information content (AvgIpc) is 3.05. The van der Waals surface area contributed by atoms with Crippen LogP contribution in [-0.2, 0) is 16.1 Å². The van der Waals surface area contributed by atoms with Gasteiger partial charge in [0.05, 0.1) is 19.3 Å². The molecule has 0 N–H and O–H groups in total. The maximum atomic E-state index is 12.6. The third-order valence-electron chi connectivity index (χ3n) is 3.82. The summed E-state index contributed by atoms with van der Waals surface area (Å²) in [5.74, 6) is -0.678. The lowest BCUT2D eigenvalue weighted by molar-refractivity contribution is 0.0600. The number of para-hydroxylation sites is 1. The Labute approximate surface area is 150 Å². The summed E-state index contributed by atoms with van der Waals surface area (Å²) >= 11 is 0. The van der Waals surface area contributed by atoms with Crippen LogP contribution in [0.2, 0.25) is 0 Å². The predicted molar refractivity (Wildman–Crippen MR) is 94.3 cm³/mol. The molecule has 3 aromatic rings. The first kappa shape index (κ1) is 17.7. The lowest BCUT2D eigenvalue weighted by Gasteiger charge is -2.06. The Morgan fingerprint density at radius 1 is 1.00 bits per heavy atom. The molecule has 0 saturated carbocycles. The minimum atomic E-state index is -0.623. The molecule has 0 aliphatic rings. The minimum Gasteiger partial charge on any atom is -0.465 e. The number of furan rings is 1. The highest BCUT2D eigenvalue weighted by molar-refractivity contribution is 5.97. The summed E-state index contributed by atoms with van der Waals surface area (Å²) < 4.78 is 21.2. The van der Waals surface area contributed by atoms with Gasteiger partial charge < -0.3 is 18.6 Å². The van der Waals surface area contributed by atoms with Crippen molar-refractivity contribution in [2.24, 2.45) is 0 Å². The van der Waals surface area contributed by atoms with Crippen LogP contribution in [0.1, 0.15) is 33.4 Å². The zero-order chi connectivity index (χ0) is 18.5. The summed E-state index contributed by atoms with van der Waals surface area (Å²) in [6.07, 6.45) is 0. The molecule has 1 heterocycles. The highest BCUT2D eigenvalue weighted by Gasteiger charge is 2.22. The lowest BCUT2D eigenvalue weighted by atomic mass is 10.1. The summed E-state index contributed by atoms with van der Waals surface area (Å²) in [6, 6.07) is 13.4. The van der Waals surface area contributed by atoms with Gasteiger partial charge in [-0.1, -0.05) is 18.2 Å². The predicted octanol–water partition coefficient (Wildman–Crippen LogP) is 3.98. The molecule has 0 bridgehead atoms. The molecule has 26 heavy (non-hydrogen) atoms. The molecule has 0 radical (unpaired) electrons. The van der Waals surface area contributed by atoms with Gasteiger partial charge in [-0.15, -0.1) is 0 Å². The zero-order valence-electron chi connectivity index (χ0n) is 14.5. The van der Waals surface area contributed by atoms with Gasteiger partial charge in [0.1, 0.15) is 11.3 Å². The third-order valence-corrected chi connectivity index (χ3v) is 3.82. The van der Waals surface area contributed by atoms with Gasteiger partial charge in [0.2, 0.25) is 5.76 Å². The van der Waals surface area contributed by atoms with E-state index in [1.807, 2.05) is 25.1 Å². The summed E-state index contributed by atoms with van der Waals surface area (Å²) in [5, 5.41) is 0.814. The van der Waals surface area contributed by atoms with E-state index in [2.05, 4.69) is 4.74 Å². The summed E-state index contributed by atoms with van der Waals surface area (Å²) in [4.78, 5) is 24.0.